The first-order valence-electron chi connectivity index (χ1n) is 29.4. The second-order valence-electron chi connectivity index (χ2n) is 27.2. The van der Waals surface area contributed by atoms with Gasteiger partial charge in [0.2, 0.25) is 0 Å². The smallest absolute Gasteiger partial charge is 0.309 e. The molecular weight excluding hydrogens is 1110 g/mol. The molecule has 0 aliphatic heterocycles. The lowest BCUT2D eigenvalue weighted by Gasteiger charge is -2.26. The van der Waals surface area contributed by atoms with Crippen molar-refractivity contribution in [1.82, 2.24) is 24.1 Å². The highest BCUT2D eigenvalue weighted by molar-refractivity contribution is 6.12. The Bertz CT molecular complexity index is 4670. The molecule has 12 aromatic rings. The number of halogens is 6. The van der Waals surface area contributed by atoms with Gasteiger partial charge in [0.25, 0.3) is 0 Å². The Hall–Kier alpha value is -9.34. The molecule has 0 saturated heterocycles. The monoisotopic (exact) mass is 1180 g/mol. The minimum absolute atomic E-state index is 0.248. The molecule has 0 bridgehead atoms. The Morgan fingerprint density at radius 1 is 0.318 bits per heavy atom. The van der Waals surface area contributed by atoms with Gasteiger partial charge in [0.15, 0.2) is 17.5 Å². The van der Waals surface area contributed by atoms with Crippen molar-refractivity contribution in [2.24, 2.45) is 0 Å². The van der Waals surface area contributed by atoms with E-state index in [1.807, 2.05) is 94.1 Å². The number of rotatable bonds is 7. The van der Waals surface area contributed by atoms with E-state index in [9.17, 15) is 31.6 Å². The third-order valence-electron chi connectivity index (χ3n) is 16.8. The molecule has 12 rings (SSSR count). The van der Waals surface area contributed by atoms with Gasteiger partial charge in [-0.2, -0.15) is 31.6 Å². The largest absolute Gasteiger partial charge is 0.416 e. The Balaban J connectivity index is 1.23. The minimum Gasteiger partial charge on any atom is -0.309 e. The van der Waals surface area contributed by atoms with E-state index in [1.54, 1.807) is 24.3 Å². The lowest BCUT2D eigenvalue weighted by molar-refractivity contribution is -0.138. The van der Waals surface area contributed by atoms with E-state index in [0.717, 1.165) is 56.6 Å². The van der Waals surface area contributed by atoms with Crippen LogP contribution >= 0.6 is 0 Å². The fourth-order valence-electron chi connectivity index (χ4n) is 11.8. The second kappa shape index (κ2) is 20.9. The Morgan fingerprint density at radius 2 is 0.682 bits per heavy atom. The van der Waals surface area contributed by atoms with Gasteiger partial charge in [0, 0.05) is 49.4 Å². The van der Waals surface area contributed by atoms with Crippen LogP contribution < -0.4 is 0 Å². The van der Waals surface area contributed by atoms with Crippen LogP contribution in [0.5, 0.6) is 0 Å². The molecule has 9 aromatic carbocycles. The van der Waals surface area contributed by atoms with Gasteiger partial charge in [-0.1, -0.05) is 150 Å². The minimum atomic E-state index is -4.63. The number of alkyl halides is 6. The van der Waals surface area contributed by atoms with Crippen molar-refractivity contribution in [3.63, 3.8) is 0 Å². The maximum Gasteiger partial charge on any atom is 0.416 e. The molecule has 0 N–H and O–H groups in total. The molecule has 3 heterocycles. The lowest BCUT2D eigenvalue weighted by atomic mass is 9.79. The SMILES string of the molecule is CC(C)(C)c1cc(-c2nc(-c3cc(C(C)(C)C)cc(C(C)(C)C)c3)nc(-c3ccc(-n4c5ccccc5c5cc(C(F)(F)F)ccc54)c(-c4cc(-c5cccc(C#N)c5)ccc4-n4c5ccccc5c5cc(C(F)(F)F)ccc54)c3)n2)cc(C(C)(C)C)c1. The molecular formula is C76H66F6N6. The molecule has 3 aromatic heterocycles. The van der Waals surface area contributed by atoms with E-state index in [0.29, 0.717) is 94.7 Å². The van der Waals surface area contributed by atoms with E-state index < -0.39 is 23.5 Å². The van der Waals surface area contributed by atoms with Crippen LogP contribution in [0.15, 0.2) is 182 Å². The van der Waals surface area contributed by atoms with Crippen LogP contribution in [0.2, 0.25) is 0 Å². The topological polar surface area (TPSA) is 72.3 Å². The van der Waals surface area contributed by atoms with E-state index in [2.05, 4.69) is 126 Å². The molecule has 12 heteroatoms. The third kappa shape index (κ3) is 10.9. The van der Waals surface area contributed by atoms with Gasteiger partial charge >= 0.3 is 12.4 Å². The van der Waals surface area contributed by atoms with Gasteiger partial charge in [-0.05, 0) is 170 Å². The number of hydrogen-bond acceptors (Lipinski definition) is 4. The fraction of sp³-hybridized carbons (Fsp3) is 0.237. The summed E-state index contributed by atoms with van der Waals surface area (Å²) in [6.07, 6.45) is -9.25. The van der Waals surface area contributed by atoms with Crippen LogP contribution in [-0.4, -0.2) is 24.1 Å². The molecule has 6 nitrogen and oxygen atoms in total. The summed E-state index contributed by atoms with van der Waals surface area (Å²) in [5, 5.41) is 12.1. The van der Waals surface area contributed by atoms with Crippen molar-refractivity contribution in [1.29, 1.82) is 5.26 Å². The van der Waals surface area contributed by atoms with E-state index in [-0.39, 0.29) is 21.7 Å². The zero-order valence-corrected chi connectivity index (χ0v) is 51.3. The first kappa shape index (κ1) is 59.0. The highest BCUT2D eigenvalue weighted by Gasteiger charge is 2.34. The molecule has 0 aliphatic carbocycles. The van der Waals surface area contributed by atoms with E-state index in [1.165, 1.54) is 24.3 Å². The summed E-state index contributed by atoms with van der Waals surface area (Å²) in [6.45, 7) is 26.2. The molecule has 0 fully saturated rings. The highest BCUT2D eigenvalue weighted by Crippen LogP contribution is 2.46. The first-order chi connectivity index (χ1) is 41.3. The summed E-state index contributed by atoms with van der Waals surface area (Å²) in [7, 11) is 0. The summed E-state index contributed by atoms with van der Waals surface area (Å²) in [4.78, 5) is 16.3. The average Bonchev–Trinajstić information content (AvgIpc) is 1.54. The zero-order chi connectivity index (χ0) is 62.8. The number of nitrogens with zero attached hydrogens (tertiary/aromatic N) is 6. The van der Waals surface area contributed by atoms with Crippen molar-refractivity contribution in [2.45, 2.75) is 117 Å². The van der Waals surface area contributed by atoms with Crippen molar-refractivity contribution >= 4 is 43.6 Å². The van der Waals surface area contributed by atoms with Crippen LogP contribution in [0.25, 0.3) is 111 Å². The van der Waals surface area contributed by atoms with Gasteiger partial charge < -0.3 is 9.13 Å². The van der Waals surface area contributed by atoms with Gasteiger partial charge in [-0.25, -0.2) is 15.0 Å². The van der Waals surface area contributed by atoms with E-state index >= 15 is 0 Å². The molecule has 0 amide bonds. The number of fused-ring (bicyclic) bond motifs is 6. The highest BCUT2D eigenvalue weighted by atomic mass is 19.4. The molecule has 0 spiro atoms. The van der Waals surface area contributed by atoms with Gasteiger partial charge in [-0.15, -0.1) is 0 Å². The number of para-hydroxylation sites is 2. The Labute approximate surface area is 508 Å². The summed E-state index contributed by atoms with van der Waals surface area (Å²) >= 11 is 0. The van der Waals surface area contributed by atoms with Crippen LogP contribution in [0.3, 0.4) is 0 Å². The maximum absolute atomic E-state index is 14.7. The Kier molecular flexibility index (Phi) is 14.0. The first-order valence-corrected chi connectivity index (χ1v) is 29.4. The third-order valence-corrected chi connectivity index (χ3v) is 16.8. The number of benzene rings is 9. The standard InChI is InChI=1S/C76H66F6N6/c1-71(2,3)52-33-48(34-53(39-52)72(4,5)6)69-84-68(85-70(86-69)49-35-54(73(7,8)9)40-55(36-49)74(10,11)12)47-25-29-65(88-63-23-16-14-21-57(63)61-42-51(76(80,81)82)27-31-67(61)88)59(38-47)58-37-46(45-19-17-18-44(32-45)43-83)24-28-64(58)87-62-22-15-13-20-56(62)60-41-50(75(77,78)79)26-30-66(60)87/h13-42H,1-12H3. The summed E-state index contributed by atoms with van der Waals surface area (Å²) in [5.74, 6) is 1.25. The summed E-state index contributed by atoms with van der Waals surface area (Å²) in [5.41, 5.74) is 10.6. The van der Waals surface area contributed by atoms with Crippen LogP contribution in [0.4, 0.5) is 26.3 Å². The number of hydrogen-bond donors (Lipinski definition) is 0. The van der Waals surface area contributed by atoms with Crippen molar-refractivity contribution in [3.05, 3.63) is 221 Å². The quantitative estimate of drug-likeness (QED) is 0.149. The van der Waals surface area contributed by atoms with Gasteiger partial charge in [0.1, 0.15) is 0 Å². The molecule has 0 radical (unpaired) electrons. The van der Waals surface area contributed by atoms with Crippen LogP contribution in [0.1, 0.15) is 122 Å². The molecule has 442 valence electrons. The van der Waals surface area contributed by atoms with Crippen LogP contribution in [0, 0.1) is 11.3 Å². The van der Waals surface area contributed by atoms with Crippen molar-refractivity contribution < 1.29 is 26.3 Å². The fourth-order valence-corrected chi connectivity index (χ4v) is 11.8. The molecule has 0 aliphatic rings. The molecule has 88 heavy (non-hydrogen) atoms. The Morgan fingerprint density at radius 3 is 1.08 bits per heavy atom. The van der Waals surface area contributed by atoms with Crippen LogP contribution in [-0.2, 0) is 34.0 Å². The molecule has 0 unspecified atom stereocenters. The lowest BCUT2D eigenvalue weighted by Crippen LogP contribution is -2.17. The number of aromatic nitrogens is 5. The average molecular weight is 1180 g/mol. The predicted molar refractivity (Wildman–Crippen MR) is 345 cm³/mol. The van der Waals surface area contributed by atoms with Gasteiger partial charge in [-0.3, -0.25) is 0 Å². The predicted octanol–water partition coefficient (Wildman–Crippen LogP) is 21.5. The molecule has 0 atom stereocenters. The normalized spacial score (nSPS) is 12.9. The molecule has 0 saturated carbocycles. The van der Waals surface area contributed by atoms with Crippen molar-refractivity contribution in [3.8, 4) is 73.9 Å². The summed E-state index contributed by atoms with van der Waals surface area (Å²) in [6, 6.07) is 56.7. The maximum atomic E-state index is 14.7. The zero-order valence-electron chi connectivity index (χ0n) is 51.3. The van der Waals surface area contributed by atoms with Crippen molar-refractivity contribution in [2.75, 3.05) is 0 Å². The summed E-state index contributed by atoms with van der Waals surface area (Å²) < 4.78 is 92.0. The number of nitriles is 1. The van der Waals surface area contributed by atoms with Gasteiger partial charge in [0.05, 0.1) is 56.2 Å². The van der Waals surface area contributed by atoms with E-state index in [4.69, 9.17) is 15.0 Å². The second-order valence-corrected chi connectivity index (χ2v) is 27.2.